The highest BCUT2D eigenvalue weighted by atomic mass is 32.2. The average molecular weight is 622 g/mol. The largest absolute Gasteiger partial charge is 0.423 e. The van der Waals surface area contributed by atoms with Crippen LogP contribution in [-0.4, -0.2) is 51.7 Å². The number of ether oxygens (including phenoxy) is 1. The minimum atomic E-state index is -4.43. The maximum absolute atomic E-state index is 13.9. The fourth-order valence-corrected chi connectivity index (χ4v) is 6.18. The standard InChI is InChI=1S/C26H31N5O7S3/c1-15(2)11-12-31-25(32)21(23(38-26(33)16(3)4)22(28-31)19-8-7-13-39-19)24-27-18-10-9-17(30(5)40(6,34)35)14-20(18)41(36,37)29-24/h7-10,13-16H,11-12H2,1-6H3,(H,27,29). The van der Waals surface area contributed by atoms with E-state index in [-0.39, 0.29) is 51.6 Å². The lowest BCUT2D eigenvalue weighted by molar-refractivity contribution is -0.137. The molecule has 12 nitrogen and oxygen atoms in total. The molecule has 0 amide bonds. The summed E-state index contributed by atoms with van der Waals surface area (Å²) in [5.74, 6) is -1.49. The van der Waals surface area contributed by atoms with Gasteiger partial charge in [-0.25, -0.2) is 13.1 Å². The van der Waals surface area contributed by atoms with E-state index in [4.69, 9.17) is 4.74 Å². The van der Waals surface area contributed by atoms with Gasteiger partial charge in [0.2, 0.25) is 10.0 Å². The van der Waals surface area contributed by atoms with E-state index in [0.29, 0.717) is 11.3 Å². The molecule has 0 radical (unpaired) electrons. The van der Waals surface area contributed by atoms with Crippen molar-refractivity contribution in [2.45, 2.75) is 45.6 Å². The van der Waals surface area contributed by atoms with Gasteiger partial charge < -0.3 is 10.1 Å². The van der Waals surface area contributed by atoms with Crippen molar-refractivity contribution in [1.29, 1.82) is 0 Å². The number of aryl methyl sites for hydroxylation is 1. The summed E-state index contributed by atoms with van der Waals surface area (Å²) in [5, 5.41) is 9.23. The Bertz CT molecular complexity index is 1790. The van der Waals surface area contributed by atoms with Gasteiger partial charge in [-0.1, -0.05) is 33.8 Å². The molecule has 4 rings (SSSR count). The Kier molecular flexibility index (Phi) is 8.43. The minimum Gasteiger partial charge on any atom is -0.423 e. The lowest BCUT2D eigenvalue weighted by Gasteiger charge is -2.23. The summed E-state index contributed by atoms with van der Waals surface area (Å²) in [6.07, 6.45) is 1.60. The number of fused-ring (bicyclic) bond motifs is 1. The summed E-state index contributed by atoms with van der Waals surface area (Å²) in [4.78, 5) is 27.0. The molecule has 1 aliphatic heterocycles. The number of carbonyl (C=O) groups excluding carboxylic acids is 1. The van der Waals surface area contributed by atoms with E-state index in [2.05, 4.69) is 14.8 Å². The highest BCUT2D eigenvalue weighted by molar-refractivity contribution is 7.92. The molecule has 2 aromatic heterocycles. The average Bonchev–Trinajstić information content (AvgIpc) is 3.41. The number of sulfonamides is 2. The van der Waals surface area contributed by atoms with Crippen LogP contribution in [0.5, 0.6) is 5.75 Å². The summed E-state index contributed by atoms with van der Waals surface area (Å²) >= 11 is 1.31. The Hall–Kier alpha value is -3.56. The molecule has 0 bridgehead atoms. The zero-order valence-electron chi connectivity index (χ0n) is 23.4. The van der Waals surface area contributed by atoms with Crippen LogP contribution in [0.1, 0.15) is 39.7 Å². The number of rotatable bonds is 9. The number of amidine groups is 1. The molecule has 0 unspecified atom stereocenters. The van der Waals surface area contributed by atoms with E-state index < -0.39 is 37.5 Å². The molecule has 15 heteroatoms. The lowest BCUT2D eigenvalue weighted by Crippen LogP contribution is -2.36. The molecule has 0 aliphatic carbocycles. The van der Waals surface area contributed by atoms with E-state index >= 15 is 0 Å². The predicted octanol–water partition coefficient (Wildman–Crippen LogP) is 3.54. The van der Waals surface area contributed by atoms with Crippen LogP contribution in [0.3, 0.4) is 0 Å². The monoisotopic (exact) mass is 621 g/mol. The Morgan fingerprint density at radius 1 is 1.20 bits per heavy atom. The summed E-state index contributed by atoms with van der Waals surface area (Å²) in [6, 6.07) is 7.53. The SMILES string of the molecule is CC(C)CCn1nc(-c2cccs2)c(OC(=O)C(C)C)c(C2=NS(=O)(=O)c3cc(N(C)S(C)(=O)=O)ccc3N2)c1=O. The second-order valence-electron chi connectivity index (χ2n) is 10.3. The summed E-state index contributed by atoms with van der Waals surface area (Å²) < 4.78 is 62.7. The molecule has 41 heavy (non-hydrogen) atoms. The number of anilines is 2. The molecular weight excluding hydrogens is 591 g/mol. The molecule has 3 aromatic rings. The van der Waals surface area contributed by atoms with Gasteiger partial charge in [0.1, 0.15) is 16.2 Å². The van der Waals surface area contributed by atoms with Crippen molar-refractivity contribution in [2.75, 3.05) is 22.9 Å². The van der Waals surface area contributed by atoms with Crippen LogP contribution in [0, 0.1) is 11.8 Å². The van der Waals surface area contributed by atoms with Crippen molar-refractivity contribution in [1.82, 2.24) is 9.78 Å². The van der Waals surface area contributed by atoms with Gasteiger partial charge in [-0.05, 0) is 42.0 Å². The molecule has 1 aliphatic rings. The Balaban J connectivity index is 1.97. The molecule has 0 fully saturated rings. The van der Waals surface area contributed by atoms with E-state index in [0.717, 1.165) is 10.6 Å². The molecule has 0 saturated carbocycles. The Morgan fingerprint density at radius 3 is 2.49 bits per heavy atom. The first kappa shape index (κ1) is 30.4. The number of nitrogens with one attached hydrogen (secondary N) is 1. The van der Waals surface area contributed by atoms with Crippen LogP contribution in [-0.2, 0) is 31.4 Å². The van der Waals surface area contributed by atoms with Gasteiger partial charge in [-0.15, -0.1) is 15.7 Å². The summed E-state index contributed by atoms with van der Waals surface area (Å²) in [6.45, 7) is 7.49. The van der Waals surface area contributed by atoms with Crippen molar-refractivity contribution >= 4 is 54.6 Å². The lowest BCUT2D eigenvalue weighted by atomic mass is 10.1. The van der Waals surface area contributed by atoms with E-state index in [1.807, 2.05) is 13.8 Å². The number of esters is 1. The predicted molar refractivity (Wildman–Crippen MR) is 159 cm³/mol. The number of nitrogens with zero attached hydrogens (tertiary/aromatic N) is 4. The number of thiophene rings is 1. The van der Waals surface area contributed by atoms with Crippen molar-refractivity contribution in [3.63, 3.8) is 0 Å². The third-order valence-electron chi connectivity index (χ3n) is 6.26. The number of hydrogen-bond donors (Lipinski definition) is 1. The third-order valence-corrected chi connectivity index (χ3v) is 9.66. The maximum Gasteiger partial charge on any atom is 0.313 e. The first-order valence-electron chi connectivity index (χ1n) is 12.7. The van der Waals surface area contributed by atoms with Crippen LogP contribution in [0.25, 0.3) is 10.6 Å². The van der Waals surface area contributed by atoms with E-state index in [1.54, 1.807) is 31.4 Å². The molecule has 1 aromatic carbocycles. The first-order chi connectivity index (χ1) is 19.1. The topological polar surface area (TPSA) is 157 Å². The van der Waals surface area contributed by atoms with Crippen LogP contribution >= 0.6 is 11.3 Å². The molecular formula is C26H31N5O7S3. The van der Waals surface area contributed by atoms with Gasteiger partial charge in [0.15, 0.2) is 11.6 Å². The van der Waals surface area contributed by atoms with Gasteiger partial charge >= 0.3 is 5.97 Å². The molecule has 220 valence electrons. The molecule has 3 heterocycles. The van der Waals surface area contributed by atoms with Crippen molar-refractivity contribution in [3.8, 4) is 16.3 Å². The normalized spacial score (nSPS) is 14.4. The van der Waals surface area contributed by atoms with Crippen LogP contribution in [0.2, 0.25) is 0 Å². The number of carbonyl (C=O) groups is 1. The van der Waals surface area contributed by atoms with Crippen LogP contribution in [0.4, 0.5) is 11.4 Å². The Labute approximate surface area is 242 Å². The van der Waals surface area contributed by atoms with E-state index in [9.17, 15) is 26.4 Å². The minimum absolute atomic E-state index is 0.0735. The van der Waals surface area contributed by atoms with Crippen molar-refractivity contribution in [2.24, 2.45) is 16.2 Å². The fraction of sp³-hybridized carbons (Fsp3) is 0.385. The van der Waals surface area contributed by atoms with Gasteiger partial charge in [0.25, 0.3) is 15.6 Å². The number of hydrogen-bond acceptors (Lipinski definition) is 10. The van der Waals surface area contributed by atoms with Gasteiger partial charge in [0.05, 0.1) is 28.4 Å². The maximum atomic E-state index is 13.9. The zero-order valence-corrected chi connectivity index (χ0v) is 25.9. The second kappa shape index (κ2) is 11.4. The summed E-state index contributed by atoms with van der Waals surface area (Å²) in [5.41, 5.74) is -0.556. The van der Waals surface area contributed by atoms with Gasteiger partial charge in [-0.3, -0.25) is 13.9 Å². The molecule has 0 spiro atoms. The second-order valence-corrected chi connectivity index (χ2v) is 14.8. The quantitative estimate of drug-likeness (QED) is 0.353. The smallest absolute Gasteiger partial charge is 0.313 e. The van der Waals surface area contributed by atoms with Crippen molar-refractivity contribution < 1.29 is 26.4 Å². The van der Waals surface area contributed by atoms with Crippen LogP contribution in [0.15, 0.2) is 49.8 Å². The van der Waals surface area contributed by atoms with Crippen LogP contribution < -0.4 is 19.9 Å². The van der Waals surface area contributed by atoms with Gasteiger partial charge in [0, 0.05) is 13.6 Å². The highest BCUT2D eigenvalue weighted by Crippen LogP contribution is 2.37. The number of benzene rings is 1. The first-order valence-corrected chi connectivity index (χ1v) is 16.9. The molecule has 0 saturated heterocycles. The fourth-order valence-electron chi connectivity index (χ4n) is 3.83. The summed E-state index contributed by atoms with van der Waals surface area (Å²) in [7, 11) is -6.79. The molecule has 0 atom stereocenters. The van der Waals surface area contributed by atoms with Gasteiger partial charge in [-0.2, -0.15) is 13.5 Å². The third kappa shape index (κ3) is 6.36. The number of aromatic nitrogens is 2. The van der Waals surface area contributed by atoms with Crippen molar-refractivity contribution in [3.05, 3.63) is 51.6 Å². The van der Waals surface area contributed by atoms with E-state index in [1.165, 1.54) is 41.3 Å². The molecule has 1 N–H and O–H groups in total. The Morgan fingerprint density at radius 2 is 1.90 bits per heavy atom. The highest BCUT2D eigenvalue weighted by Gasteiger charge is 2.33. The zero-order chi connectivity index (χ0) is 30.3.